The van der Waals surface area contributed by atoms with Gasteiger partial charge in [-0.3, -0.25) is 14.8 Å². The van der Waals surface area contributed by atoms with Crippen LogP contribution in [-0.2, 0) is 17.8 Å². The highest BCUT2D eigenvalue weighted by Gasteiger charge is 2.30. The molecule has 2 aliphatic heterocycles. The molecule has 5 heteroatoms. The van der Waals surface area contributed by atoms with E-state index in [2.05, 4.69) is 23.2 Å². The van der Waals surface area contributed by atoms with Gasteiger partial charge in [-0.25, -0.2) is 4.99 Å². The van der Waals surface area contributed by atoms with Crippen LogP contribution in [0.3, 0.4) is 0 Å². The van der Waals surface area contributed by atoms with Crippen molar-refractivity contribution >= 4 is 22.9 Å². The van der Waals surface area contributed by atoms with Crippen LogP contribution in [0.1, 0.15) is 58.2 Å². The maximum absolute atomic E-state index is 13.2. The minimum Gasteiger partial charge on any atom is -0.395 e. The molecule has 5 nitrogen and oxygen atoms in total. The lowest BCUT2D eigenvalue weighted by molar-refractivity contribution is -0.115. The molecule has 0 bridgehead atoms. The number of aliphatic hydroxyl groups excluding tert-OH is 1. The topological polar surface area (TPSA) is 74.9 Å². The van der Waals surface area contributed by atoms with Crippen LogP contribution in [0.5, 0.6) is 0 Å². The Morgan fingerprint density at radius 3 is 2.69 bits per heavy atom. The largest absolute Gasteiger partial charge is 0.395 e. The molecule has 1 atom stereocenters. The van der Waals surface area contributed by atoms with E-state index in [1.165, 1.54) is 18.4 Å². The summed E-state index contributed by atoms with van der Waals surface area (Å²) in [5.41, 5.74) is 8.74. The van der Waals surface area contributed by atoms with Gasteiger partial charge in [-0.15, -0.1) is 0 Å². The van der Waals surface area contributed by atoms with Gasteiger partial charge >= 0.3 is 0 Å². The number of aliphatic hydroxyl groups is 1. The van der Waals surface area contributed by atoms with Crippen LogP contribution in [0.15, 0.2) is 70.8 Å². The molecule has 3 aromatic rings. The summed E-state index contributed by atoms with van der Waals surface area (Å²) >= 11 is 0. The summed E-state index contributed by atoms with van der Waals surface area (Å²) in [6.45, 7) is 0.419. The number of ketones is 1. The van der Waals surface area contributed by atoms with E-state index in [9.17, 15) is 9.90 Å². The van der Waals surface area contributed by atoms with Gasteiger partial charge in [0.2, 0.25) is 0 Å². The molecule has 3 aliphatic rings. The van der Waals surface area contributed by atoms with E-state index in [1.54, 1.807) is 0 Å². The summed E-state index contributed by atoms with van der Waals surface area (Å²) in [7, 11) is 0. The van der Waals surface area contributed by atoms with Gasteiger partial charge in [-0.2, -0.15) is 0 Å². The van der Waals surface area contributed by atoms with Crippen LogP contribution in [0, 0.1) is 0 Å². The van der Waals surface area contributed by atoms with Crippen molar-refractivity contribution in [2.24, 2.45) is 9.98 Å². The van der Waals surface area contributed by atoms with Crippen molar-refractivity contribution in [3.8, 4) is 0 Å². The molecule has 2 aromatic carbocycles. The SMILES string of the molecule is O=C(C1=Nc2cc3c(cc2C1)CN=C3c1ccnc(C2CC2)c1)[C@H](CO)c1ccccc1. The Balaban J connectivity index is 1.30. The fourth-order valence-corrected chi connectivity index (χ4v) is 4.71. The quantitative estimate of drug-likeness (QED) is 0.645. The van der Waals surface area contributed by atoms with Gasteiger partial charge in [0, 0.05) is 35.4 Å². The molecule has 0 saturated heterocycles. The third-order valence-electron chi connectivity index (χ3n) is 6.62. The molecule has 1 aliphatic carbocycles. The van der Waals surface area contributed by atoms with Crippen molar-refractivity contribution in [1.29, 1.82) is 0 Å². The van der Waals surface area contributed by atoms with Gasteiger partial charge in [0.05, 0.1) is 36.2 Å². The van der Waals surface area contributed by atoms with Crippen LogP contribution in [0.4, 0.5) is 5.69 Å². The van der Waals surface area contributed by atoms with Gasteiger partial charge in [0.15, 0.2) is 5.78 Å². The summed E-state index contributed by atoms with van der Waals surface area (Å²) in [5, 5.41) is 9.89. The van der Waals surface area contributed by atoms with Crippen molar-refractivity contribution < 1.29 is 9.90 Å². The fraction of sp³-hybridized carbons (Fsp3) is 0.259. The molecule has 0 radical (unpaired) electrons. The maximum Gasteiger partial charge on any atom is 0.187 e. The van der Waals surface area contributed by atoms with Crippen molar-refractivity contribution in [2.45, 2.75) is 37.6 Å². The Labute approximate surface area is 186 Å². The Morgan fingerprint density at radius 1 is 1.06 bits per heavy atom. The van der Waals surface area contributed by atoms with Crippen LogP contribution < -0.4 is 0 Å². The molecule has 32 heavy (non-hydrogen) atoms. The smallest absolute Gasteiger partial charge is 0.187 e. The lowest BCUT2D eigenvalue weighted by Gasteiger charge is -2.13. The van der Waals surface area contributed by atoms with Crippen LogP contribution in [-0.4, -0.2) is 33.9 Å². The molecule has 0 amide bonds. The number of pyridine rings is 1. The lowest BCUT2D eigenvalue weighted by Crippen LogP contribution is -2.25. The summed E-state index contributed by atoms with van der Waals surface area (Å²) in [4.78, 5) is 27.2. The van der Waals surface area contributed by atoms with Gasteiger partial charge in [-0.1, -0.05) is 36.4 Å². The molecule has 6 rings (SSSR count). The number of nitrogens with zero attached hydrogens (tertiary/aromatic N) is 3. The zero-order valence-electron chi connectivity index (χ0n) is 17.7. The van der Waals surface area contributed by atoms with Gasteiger partial charge in [0.25, 0.3) is 0 Å². The Bertz CT molecular complexity index is 1290. The van der Waals surface area contributed by atoms with Crippen molar-refractivity contribution in [3.63, 3.8) is 0 Å². The minimum absolute atomic E-state index is 0.104. The summed E-state index contributed by atoms with van der Waals surface area (Å²) < 4.78 is 0. The van der Waals surface area contributed by atoms with Crippen molar-refractivity contribution in [3.05, 3.63) is 94.3 Å². The second-order valence-corrected chi connectivity index (χ2v) is 8.79. The number of Topliss-reactive ketones (excluding diaryl/α,β-unsaturated/α-hetero) is 1. The van der Waals surface area contributed by atoms with E-state index in [4.69, 9.17) is 9.98 Å². The van der Waals surface area contributed by atoms with Gasteiger partial charge in [0.1, 0.15) is 0 Å². The zero-order chi connectivity index (χ0) is 21.7. The highest BCUT2D eigenvalue weighted by molar-refractivity contribution is 6.43. The number of aromatic nitrogens is 1. The number of fused-ring (bicyclic) bond motifs is 2. The molecule has 1 fully saturated rings. The first-order valence-corrected chi connectivity index (χ1v) is 11.2. The average Bonchev–Trinajstić information content (AvgIpc) is 3.48. The first-order valence-electron chi connectivity index (χ1n) is 11.2. The lowest BCUT2D eigenvalue weighted by atomic mass is 9.91. The second-order valence-electron chi connectivity index (χ2n) is 8.79. The van der Waals surface area contributed by atoms with E-state index in [-0.39, 0.29) is 12.4 Å². The average molecular weight is 422 g/mol. The Kier molecular flexibility index (Phi) is 4.58. The highest BCUT2D eigenvalue weighted by atomic mass is 16.3. The number of carbonyl (C=O) groups excluding carboxylic acids is 1. The zero-order valence-corrected chi connectivity index (χ0v) is 17.7. The summed E-state index contributed by atoms with van der Waals surface area (Å²) in [6.07, 6.45) is 4.82. The normalized spacial score (nSPS) is 17.4. The number of rotatable bonds is 6. The number of hydrogen-bond acceptors (Lipinski definition) is 5. The molecule has 1 aromatic heterocycles. The Hall–Kier alpha value is -3.44. The summed E-state index contributed by atoms with van der Waals surface area (Å²) in [5.74, 6) is -0.0863. The van der Waals surface area contributed by atoms with Crippen molar-refractivity contribution in [1.82, 2.24) is 4.98 Å². The first-order chi connectivity index (χ1) is 15.7. The highest BCUT2D eigenvalue weighted by Crippen LogP contribution is 2.40. The predicted octanol–water partition coefficient (Wildman–Crippen LogP) is 4.28. The maximum atomic E-state index is 13.2. The third-order valence-corrected chi connectivity index (χ3v) is 6.62. The molecule has 0 unspecified atom stereocenters. The van der Waals surface area contributed by atoms with E-state index in [0.29, 0.717) is 24.6 Å². The monoisotopic (exact) mass is 421 g/mol. The molecular formula is C27H23N3O2. The number of hydrogen-bond donors (Lipinski definition) is 1. The third kappa shape index (κ3) is 3.30. The second kappa shape index (κ2) is 7.61. The van der Waals surface area contributed by atoms with Gasteiger partial charge < -0.3 is 5.11 Å². The standard InChI is InChI=1S/C27H23N3O2/c31-15-22(16-4-2-1-3-5-16)27(32)25-12-19-10-20-14-29-26(21(20)13-24(19)30-25)18-8-9-28-23(11-18)17-6-7-17/h1-5,8-11,13,17,22,31H,6-7,12,14-15H2/t22-/m1/s1. The minimum atomic E-state index is -0.578. The van der Waals surface area contributed by atoms with Crippen LogP contribution >= 0.6 is 0 Å². The molecule has 158 valence electrons. The molecule has 1 N–H and O–H groups in total. The number of benzene rings is 2. The van der Waals surface area contributed by atoms with Crippen LogP contribution in [0.2, 0.25) is 0 Å². The molecule has 1 saturated carbocycles. The summed E-state index contributed by atoms with van der Waals surface area (Å²) in [6, 6.07) is 17.8. The number of carbonyl (C=O) groups is 1. The molecular weight excluding hydrogens is 398 g/mol. The van der Waals surface area contributed by atoms with Crippen LogP contribution in [0.25, 0.3) is 0 Å². The van der Waals surface area contributed by atoms with E-state index < -0.39 is 5.92 Å². The van der Waals surface area contributed by atoms with E-state index in [0.717, 1.165) is 39.3 Å². The predicted molar refractivity (Wildman–Crippen MR) is 124 cm³/mol. The molecule has 3 heterocycles. The first kappa shape index (κ1) is 19.3. The van der Waals surface area contributed by atoms with E-state index in [1.807, 2.05) is 42.6 Å². The van der Waals surface area contributed by atoms with E-state index >= 15 is 0 Å². The Morgan fingerprint density at radius 2 is 1.91 bits per heavy atom. The van der Waals surface area contributed by atoms with Gasteiger partial charge in [-0.05, 0) is 47.7 Å². The van der Waals surface area contributed by atoms with Crippen molar-refractivity contribution in [2.75, 3.05) is 6.61 Å². The fourth-order valence-electron chi connectivity index (χ4n) is 4.71. The number of aliphatic imine (C=N–C) groups is 2. The molecule has 0 spiro atoms.